The number of rotatable bonds is 3. The van der Waals surface area contributed by atoms with Crippen molar-refractivity contribution in [2.24, 2.45) is 0 Å². The first-order valence-electron chi connectivity index (χ1n) is 7.40. The predicted molar refractivity (Wildman–Crippen MR) is 92.4 cm³/mol. The molecule has 5 nitrogen and oxygen atoms in total. The molecule has 1 aliphatic rings. The Morgan fingerprint density at radius 1 is 1.43 bits per heavy atom. The van der Waals surface area contributed by atoms with E-state index >= 15 is 0 Å². The molecule has 0 aliphatic carbocycles. The Hall–Kier alpha value is -1.63. The largest absolute Gasteiger partial charge is 0.370 e. The van der Waals surface area contributed by atoms with Gasteiger partial charge in [-0.2, -0.15) is 0 Å². The summed E-state index contributed by atoms with van der Waals surface area (Å²) in [5, 5.41) is 4.44. The van der Waals surface area contributed by atoms with Gasteiger partial charge in [-0.3, -0.25) is 4.79 Å². The van der Waals surface area contributed by atoms with Crippen LogP contribution < -0.4 is 5.32 Å². The van der Waals surface area contributed by atoms with E-state index in [2.05, 4.69) is 10.3 Å². The van der Waals surface area contributed by atoms with Crippen molar-refractivity contribution >= 4 is 34.0 Å². The van der Waals surface area contributed by atoms with Gasteiger partial charge in [0.25, 0.3) is 5.91 Å². The Bertz CT molecular complexity index is 702. The lowest BCUT2D eigenvalue weighted by atomic mass is 10.1. The molecule has 1 aliphatic heterocycles. The number of amides is 1. The van der Waals surface area contributed by atoms with Crippen LogP contribution in [0.3, 0.4) is 0 Å². The SMILES string of the molecule is CNc1nc(C)c(C(=O)N2CCOC(c3ccc(Cl)cc3)C2)s1. The number of aryl methyl sites for hydroxylation is 1. The molecule has 1 atom stereocenters. The number of aromatic nitrogens is 1. The average Bonchev–Trinajstić information content (AvgIpc) is 2.96. The maximum absolute atomic E-state index is 12.8. The lowest BCUT2D eigenvalue weighted by Gasteiger charge is -2.33. The van der Waals surface area contributed by atoms with Crippen LogP contribution in [0.15, 0.2) is 24.3 Å². The van der Waals surface area contributed by atoms with Crippen LogP contribution in [0.4, 0.5) is 5.13 Å². The summed E-state index contributed by atoms with van der Waals surface area (Å²) in [5.41, 5.74) is 1.79. The minimum Gasteiger partial charge on any atom is -0.370 e. The van der Waals surface area contributed by atoms with E-state index in [1.807, 2.05) is 36.1 Å². The third kappa shape index (κ3) is 3.49. The van der Waals surface area contributed by atoms with E-state index in [1.54, 1.807) is 7.05 Å². The molecule has 3 rings (SSSR count). The Balaban J connectivity index is 1.76. The number of halogens is 1. The van der Waals surface area contributed by atoms with Crippen LogP contribution in [0.2, 0.25) is 5.02 Å². The normalized spacial score (nSPS) is 18.0. The molecule has 2 heterocycles. The zero-order valence-corrected chi connectivity index (χ0v) is 14.6. The van der Waals surface area contributed by atoms with Gasteiger partial charge in [0.1, 0.15) is 11.0 Å². The van der Waals surface area contributed by atoms with Crippen molar-refractivity contribution in [3.05, 3.63) is 45.4 Å². The van der Waals surface area contributed by atoms with E-state index in [0.717, 1.165) is 16.4 Å². The molecular formula is C16H18ClN3O2S. The molecule has 0 spiro atoms. The van der Waals surface area contributed by atoms with E-state index in [9.17, 15) is 4.79 Å². The first kappa shape index (κ1) is 16.2. The Labute approximate surface area is 144 Å². The highest BCUT2D eigenvalue weighted by molar-refractivity contribution is 7.17. The molecule has 23 heavy (non-hydrogen) atoms. The van der Waals surface area contributed by atoms with Crippen LogP contribution >= 0.6 is 22.9 Å². The fraction of sp³-hybridized carbons (Fsp3) is 0.375. The number of thiazole rings is 1. The zero-order valence-electron chi connectivity index (χ0n) is 13.0. The van der Waals surface area contributed by atoms with Crippen LogP contribution in [-0.4, -0.2) is 42.5 Å². The quantitative estimate of drug-likeness (QED) is 0.921. The van der Waals surface area contributed by atoms with E-state index in [1.165, 1.54) is 11.3 Å². The van der Waals surface area contributed by atoms with Gasteiger partial charge in [0, 0.05) is 18.6 Å². The molecule has 0 bridgehead atoms. The lowest BCUT2D eigenvalue weighted by Crippen LogP contribution is -2.42. The second kappa shape index (κ2) is 6.86. The Morgan fingerprint density at radius 2 is 2.17 bits per heavy atom. The van der Waals surface area contributed by atoms with Gasteiger partial charge >= 0.3 is 0 Å². The number of benzene rings is 1. The van der Waals surface area contributed by atoms with Crippen molar-refractivity contribution in [1.29, 1.82) is 0 Å². The third-order valence-electron chi connectivity index (χ3n) is 3.80. The van der Waals surface area contributed by atoms with Gasteiger partial charge in [0.2, 0.25) is 0 Å². The Morgan fingerprint density at radius 3 is 2.83 bits per heavy atom. The van der Waals surface area contributed by atoms with Gasteiger partial charge in [-0.1, -0.05) is 35.1 Å². The minimum atomic E-state index is -0.123. The van der Waals surface area contributed by atoms with Crippen LogP contribution in [0.25, 0.3) is 0 Å². The van der Waals surface area contributed by atoms with Crippen molar-refractivity contribution in [2.75, 3.05) is 32.1 Å². The number of anilines is 1. The number of ether oxygens (including phenoxy) is 1. The molecule has 1 N–H and O–H groups in total. The second-order valence-corrected chi connectivity index (χ2v) is 6.78. The summed E-state index contributed by atoms with van der Waals surface area (Å²) < 4.78 is 5.82. The maximum Gasteiger partial charge on any atom is 0.266 e. The van der Waals surface area contributed by atoms with Gasteiger partial charge in [0.15, 0.2) is 5.13 Å². The van der Waals surface area contributed by atoms with Gasteiger partial charge in [-0.25, -0.2) is 4.98 Å². The molecule has 122 valence electrons. The number of hydrogen-bond donors (Lipinski definition) is 1. The fourth-order valence-electron chi connectivity index (χ4n) is 2.56. The number of nitrogens with zero attached hydrogens (tertiary/aromatic N) is 2. The van der Waals surface area contributed by atoms with Crippen LogP contribution in [0, 0.1) is 6.92 Å². The highest BCUT2D eigenvalue weighted by Gasteiger charge is 2.28. The number of carbonyl (C=O) groups is 1. The van der Waals surface area contributed by atoms with Crippen molar-refractivity contribution < 1.29 is 9.53 Å². The summed E-state index contributed by atoms with van der Waals surface area (Å²) in [6.45, 7) is 3.51. The van der Waals surface area contributed by atoms with Crippen molar-refractivity contribution in [3.63, 3.8) is 0 Å². The zero-order chi connectivity index (χ0) is 16.4. The highest BCUT2D eigenvalue weighted by atomic mass is 35.5. The van der Waals surface area contributed by atoms with E-state index < -0.39 is 0 Å². The topological polar surface area (TPSA) is 54.5 Å². The number of nitrogens with one attached hydrogen (secondary N) is 1. The Kier molecular flexibility index (Phi) is 4.84. The molecule has 1 unspecified atom stereocenters. The molecule has 1 aromatic heterocycles. The smallest absolute Gasteiger partial charge is 0.266 e. The third-order valence-corrected chi connectivity index (χ3v) is 5.22. The summed E-state index contributed by atoms with van der Waals surface area (Å²) in [7, 11) is 1.80. The molecule has 1 saturated heterocycles. The van der Waals surface area contributed by atoms with Gasteiger partial charge in [-0.15, -0.1) is 0 Å². The molecule has 1 aromatic carbocycles. The van der Waals surface area contributed by atoms with Crippen molar-refractivity contribution in [1.82, 2.24) is 9.88 Å². The molecule has 0 radical (unpaired) electrons. The van der Waals surface area contributed by atoms with E-state index in [0.29, 0.717) is 29.6 Å². The van der Waals surface area contributed by atoms with Crippen LogP contribution in [0.1, 0.15) is 27.0 Å². The van der Waals surface area contributed by atoms with E-state index in [4.69, 9.17) is 16.3 Å². The molecule has 1 amide bonds. The van der Waals surface area contributed by atoms with Crippen LogP contribution in [-0.2, 0) is 4.74 Å². The summed E-state index contributed by atoms with van der Waals surface area (Å²) >= 11 is 7.31. The van der Waals surface area contributed by atoms with Crippen molar-refractivity contribution in [2.45, 2.75) is 13.0 Å². The summed E-state index contributed by atoms with van der Waals surface area (Å²) in [5.74, 6) is 0.0174. The molecule has 2 aromatic rings. The lowest BCUT2D eigenvalue weighted by molar-refractivity contribution is -0.0226. The first-order valence-corrected chi connectivity index (χ1v) is 8.59. The van der Waals surface area contributed by atoms with Crippen molar-refractivity contribution in [3.8, 4) is 0 Å². The summed E-state index contributed by atoms with van der Waals surface area (Å²) in [4.78, 5) is 19.6. The molecular weight excluding hydrogens is 334 g/mol. The van der Waals surface area contributed by atoms with Gasteiger partial charge in [0.05, 0.1) is 18.8 Å². The predicted octanol–water partition coefficient (Wildman–Crippen LogP) is 3.36. The molecule has 1 fully saturated rings. The van der Waals surface area contributed by atoms with Gasteiger partial charge in [-0.05, 0) is 24.6 Å². The van der Waals surface area contributed by atoms with Gasteiger partial charge < -0.3 is 15.0 Å². The standard InChI is InChI=1S/C16H18ClN3O2S/c1-10-14(23-16(18-2)19-10)15(21)20-7-8-22-13(9-20)11-3-5-12(17)6-4-11/h3-6,13H,7-9H2,1-2H3,(H,18,19). The second-order valence-electron chi connectivity index (χ2n) is 5.35. The fourth-order valence-corrected chi connectivity index (χ4v) is 3.57. The number of carbonyl (C=O) groups excluding carboxylic acids is 1. The molecule has 7 heteroatoms. The maximum atomic E-state index is 12.8. The first-order chi connectivity index (χ1) is 11.1. The summed E-state index contributed by atoms with van der Waals surface area (Å²) in [6.07, 6.45) is -0.123. The highest BCUT2D eigenvalue weighted by Crippen LogP contribution is 2.28. The van der Waals surface area contributed by atoms with Crippen LogP contribution in [0.5, 0.6) is 0 Å². The number of hydrogen-bond acceptors (Lipinski definition) is 5. The average molecular weight is 352 g/mol. The monoisotopic (exact) mass is 351 g/mol. The number of morpholine rings is 1. The van der Waals surface area contributed by atoms with E-state index in [-0.39, 0.29) is 12.0 Å². The summed E-state index contributed by atoms with van der Waals surface area (Å²) in [6, 6.07) is 7.57. The molecule has 0 saturated carbocycles. The minimum absolute atomic E-state index is 0.0174.